The number of thioether (sulfide) groups is 1. The number of allylic oxidation sites excluding steroid dienone is 1. The van der Waals surface area contributed by atoms with E-state index in [0.717, 1.165) is 0 Å². The Kier molecular flexibility index (Phi) is 6.63. The van der Waals surface area contributed by atoms with Crippen molar-refractivity contribution >= 4 is 45.7 Å². The molecule has 0 saturated heterocycles. The van der Waals surface area contributed by atoms with Crippen molar-refractivity contribution in [3.8, 4) is 6.07 Å². The van der Waals surface area contributed by atoms with E-state index in [1.807, 2.05) is 12.3 Å². The van der Waals surface area contributed by atoms with E-state index in [1.54, 1.807) is 25.1 Å². The third-order valence-electron chi connectivity index (χ3n) is 2.28. The Bertz CT molecular complexity index is 659. The highest BCUT2D eigenvalue weighted by molar-refractivity contribution is 8.13. The summed E-state index contributed by atoms with van der Waals surface area (Å²) in [5.41, 5.74) is 7.33. The molecule has 0 amide bonds. The Labute approximate surface area is 138 Å². The molecule has 0 aliphatic rings. The van der Waals surface area contributed by atoms with Gasteiger partial charge in [0.25, 0.3) is 0 Å². The number of nitrogens with zero attached hydrogens (tertiary/aromatic N) is 2. The molecule has 1 aromatic carbocycles. The van der Waals surface area contributed by atoms with Crippen LogP contribution in [0.4, 0.5) is 5.69 Å². The highest BCUT2D eigenvalue weighted by Gasteiger charge is 2.12. The first kappa shape index (κ1) is 17.4. The summed E-state index contributed by atoms with van der Waals surface area (Å²) < 4.78 is 0. The zero-order valence-electron chi connectivity index (χ0n) is 11.6. The van der Waals surface area contributed by atoms with E-state index in [9.17, 15) is 5.26 Å². The third-order valence-corrected chi connectivity index (χ3v) is 3.51. The van der Waals surface area contributed by atoms with Gasteiger partial charge in [0.1, 0.15) is 22.5 Å². The molecule has 0 atom stereocenters. The average Bonchev–Trinajstić information content (AvgIpc) is 2.41. The Morgan fingerprint density at radius 1 is 1.48 bits per heavy atom. The predicted molar refractivity (Wildman–Crippen MR) is 92.7 cm³/mol. The lowest BCUT2D eigenvalue weighted by Crippen LogP contribution is -2.16. The minimum Gasteiger partial charge on any atom is -0.384 e. The van der Waals surface area contributed by atoms with Crippen molar-refractivity contribution in [2.75, 3.05) is 11.6 Å². The molecule has 0 unspecified atom stereocenters. The second-order valence-electron chi connectivity index (χ2n) is 4.01. The molecule has 7 heteroatoms. The quantitative estimate of drug-likeness (QED) is 0.484. The lowest BCUT2D eigenvalue weighted by atomic mass is 10.2. The minimum atomic E-state index is 0.163. The number of hydrogen-bond donors (Lipinski definition) is 2. The molecule has 21 heavy (non-hydrogen) atoms. The van der Waals surface area contributed by atoms with Gasteiger partial charge in [0.2, 0.25) is 0 Å². The van der Waals surface area contributed by atoms with Gasteiger partial charge in [-0.25, -0.2) is 4.99 Å². The molecule has 3 N–H and O–H groups in total. The Hall–Kier alpha value is -1.61. The molecule has 0 radical (unpaired) electrons. The third kappa shape index (κ3) is 5.01. The van der Waals surface area contributed by atoms with E-state index >= 15 is 0 Å². The molecule has 0 spiro atoms. The van der Waals surface area contributed by atoms with Crippen LogP contribution in [0.5, 0.6) is 0 Å². The first-order chi connectivity index (χ1) is 9.88. The minimum absolute atomic E-state index is 0.163. The number of nitrogens with one attached hydrogen (secondary N) is 1. The van der Waals surface area contributed by atoms with Crippen molar-refractivity contribution in [1.29, 1.82) is 5.26 Å². The van der Waals surface area contributed by atoms with Crippen LogP contribution in [-0.2, 0) is 0 Å². The highest BCUT2D eigenvalue weighted by Crippen LogP contribution is 2.26. The SMILES string of the molecule is C=C(C)/N=C(SC)\C(C#N)=C(/N)Nc1ccc(Cl)cc1Cl. The van der Waals surface area contributed by atoms with Gasteiger partial charge in [-0.1, -0.05) is 29.8 Å². The van der Waals surface area contributed by atoms with E-state index < -0.39 is 0 Å². The van der Waals surface area contributed by atoms with Crippen LogP contribution in [-0.4, -0.2) is 11.3 Å². The van der Waals surface area contributed by atoms with E-state index in [0.29, 0.717) is 26.5 Å². The maximum Gasteiger partial charge on any atom is 0.124 e. The van der Waals surface area contributed by atoms with Crippen LogP contribution in [0.3, 0.4) is 0 Å². The zero-order chi connectivity index (χ0) is 16.0. The average molecular weight is 341 g/mol. The number of anilines is 1. The summed E-state index contributed by atoms with van der Waals surface area (Å²) in [5, 5.41) is 13.6. The largest absolute Gasteiger partial charge is 0.384 e. The Morgan fingerprint density at radius 3 is 2.62 bits per heavy atom. The molecule has 0 bridgehead atoms. The maximum absolute atomic E-state index is 9.30. The lowest BCUT2D eigenvalue weighted by molar-refractivity contribution is 1.27. The fraction of sp³-hybridized carbons (Fsp3) is 0.143. The van der Waals surface area contributed by atoms with Crippen LogP contribution in [0.1, 0.15) is 6.92 Å². The molecule has 0 heterocycles. The number of halogens is 2. The van der Waals surface area contributed by atoms with Crippen molar-refractivity contribution in [3.63, 3.8) is 0 Å². The molecular formula is C14H14Cl2N4S. The zero-order valence-corrected chi connectivity index (χ0v) is 13.9. The fourth-order valence-electron chi connectivity index (χ4n) is 1.40. The molecule has 1 aromatic rings. The first-order valence-corrected chi connectivity index (χ1v) is 7.77. The van der Waals surface area contributed by atoms with E-state index in [4.69, 9.17) is 28.9 Å². The summed E-state index contributed by atoms with van der Waals surface area (Å²) >= 11 is 13.2. The molecular weight excluding hydrogens is 327 g/mol. The number of nitriles is 1. The van der Waals surface area contributed by atoms with Gasteiger partial charge in [0.15, 0.2) is 0 Å². The topological polar surface area (TPSA) is 74.2 Å². The van der Waals surface area contributed by atoms with Crippen molar-refractivity contribution in [3.05, 3.63) is 51.9 Å². The molecule has 0 aliphatic carbocycles. The van der Waals surface area contributed by atoms with Gasteiger partial charge < -0.3 is 11.1 Å². The maximum atomic E-state index is 9.30. The van der Waals surface area contributed by atoms with Gasteiger partial charge in [0, 0.05) is 10.7 Å². The number of hydrogen-bond acceptors (Lipinski definition) is 5. The van der Waals surface area contributed by atoms with Gasteiger partial charge in [-0.05, 0) is 31.4 Å². The predicted octanol–water partition coefficient (Wildman–Crippen LogP) is 4.39. The molecule has 0 aliphatic heterocycles. The van der Waals surface area contributed by atoms with Crippen molar-refractivity contribution < 1.29 is 0 Å². The van der Waals surface area contributed by atoms with Crippen LogP contribution in [0.25, 0.3) is 0 Å². The highest BCUT2D eigenvalue weighted by atomic mass is 35.5. The fourth-order valence-corrected chi connectivity index (χ4v) is 2.46. The van der Waals surface area contributed by atoms with E-state index in [1.165, 1.54) is 11.8 Å². The van der Waals surface area contributed by atoms with Gasteiger partial charge in [-0.15, -0.1) is 11.8 Å². The number of nitrogens with two attached hydrogens (primary N) is 1. The molecule has 0 fully saturated rings. The number of benzene rings is 1. The van der Waals surface area contributed by atoms with E-state index in [-0.39, 0.29) is 11.4 Å². The Morgan fingerprint density at radius 2 is 2.14 bits per heavy atom. The summed E-state index contributed by atoms with van der Waals surface area (Å²) in [7, 11) is 0. The smallest absolute Gasteiger partial charge is 0.124 e. The number of aliphatic imine (C=N–C) groups is 1. The molecule has 0 aromatic heterocycles. The van der Waals surface area contributed by atoms with Crippen LogP contribution in [0.15, 0.2) is 46.9 Å². The molecule has 110 valence electrons. The second-order valence-corrected chi connectivity index (χ2v) is 5.64. The standard InChI is InChI=1S/C14H14Cl2N4S/c1-8(2)19-14(21-3)10(7-17)13(18)20-12-5-4-9(15)6-11(12)16/h4-6,20H,1,18H2,2-3H3/b13-10+,19-14+. The number of rotatable bonds is 4. The summed E-state index contributed by atoms with van der Waals surface area (Å²) in [6.45, 7) is 5.44. The van der Waals surface area contributed by atoms with Gasteiger partial charge >= 0.3 is 0 Å². The lowest BCUT2D eigenvalue weighted by Gasteiger charge is -2.11. The van der Waals surface area contributed by atoms with Crippen molar-refractivity contribution in [1.82, 2.24) is 0 Å². The summed E-state index contributed by atoms with van der Waals surface area (Å²) in [4.78, 5) is 4.20. The van der Waals surface area contributed by atoms with Crippen molar-refractivity contribution in [2.45, 2.75) is 6.92 Å². The van der Waals surface area contributed by atoms with E-state index in [2.05, 4.69) is 16.9 Å². The normalized spacial score (nSPS) is 12.4. The first-order valence-electron chi connectivity index (χ1n) is 5.79. The Balaban J connectivity index is 3.19. The van der Waals surface area contributed by atoms with Crippen LogP contribution < -0.4 is 11.1 Å². The molecule has 1 rings (SSSR count). The molecule has 0 saturated carbocycles. The second kappa shape index (κ2) is 7.99. The van der Waals surface area contributed by atoms with Crippen LogP contribution >= 0.6 is 35.0 Å². The summed E-state index contributed by atoms with van der Waals surface area (Å²) in [6.07, 6.45) is 1.81. The summed E-state index contributed by atoms with van der Waals surface area (Å²) in [5.74, 6) is 0.163. The van der Waals surface area contributed by atoms with Gasteiger partial charge in [0.05, 0.1) is 10.7 Å². The summed E-state index contributed by atoms with van der Waals surface area (Å²) in [6, 6.07) is 6.98. The van der Waals surface area contributed by atoms with Gasteiger partial charge in [-0.2, -0.15) is 5.26 Å². The van der Waals surface area contributed by atoms with Crippen LogP contribution in [0, 0.1) is 11.3 Å². The monoisotopic (exact) mass is 340 g/mol. The van der Waals surface area contributed by atoms with Crippen LogP contribution in [0.2, 0.25) is 10.0 Å². The van der Waals surface area contributed by atoms with Gasteiger partial charge in [-0.3, -0.25) is 0 Å². The molecule has 4 nitrogen and oxygen atoms in total. The van der Waals surface area contributed by atoms with Crippen molar-refractivity contribution in [2.24, 2.45) is 10.7 Å².